The maximum absolute atomic E-state index is 10.4. The molecule has 102 valence electrons. The molecule has 0 aromatic rings. The summed E-state index contributed by atoms with van der Waals surface area (Å²) in [4.78, 5) is 2.24. The summed E-state index contributed by atoms with van der Waals surface area (Å²) in [5.74, 6) is 0.543. The first-order chi connectivity index (χ1) is 7.93. The zero-order valence-electron chi connectivity index (χ0n) is 11.8. The summed E-state index contributed by atoms with van der Waals surface area (Å²) in [7, 11) is 2.10. The lowest BCUT2D eigenvalue weighted by molar-refractivity contribution is -0.0213. The van der Waals surface area contributed by atoms with Gasteiger partial charge in [-0.1, -0.05) is 33.1 Å². The summed E-state index contributed by atoms with van der Waals surface area (Å²) < 4.78 is 0. The number of hydrogen-bond acceptors (Lipinski definition) is 3. The monoisotopic (exact) mass is 242 g/mol. The zero-order chi connectivity index (χ0) is 12.9. The lowest BCUT2D eigenvalue weighted by Gasteiger charge is -2.36. The molecule has 3 heteroatoms. The minimum absolute atomic E-state index is 0.276. The molecule has 1 aliphatic rings. The van der Waals surface area contributed by atoms with Crippen LogP contribution in [0.2, 0.25) is 0 Å². The van der Waals surface area contributed by atoms with Gasteiger partial charge >= 0.3 is 0 Å². The van der Waals surface area contributed by atoms with E-state index in [2.05, 4.69) is 25.8 Å². The third kappa shape index (κ3) is 5.36. The predicted molar refractivity (Wildman–Crippen MR) is 73.0 cm³/mol. The standard InChI is InChI=1S/C14H30N2O/c1-12(2)13(15)7-10-16(3)11-14(17)8-5-4-6-9-14/h12-13,17H,4-11,15H2,1-3H3. The van der Waals surface area contributed by atoms with Crippen LogP contribution in [0.15, 0.2) is 0 Å². The Kier molecular flexibility index (Phi) is 5.90. The van der Waals surface area contributed by atoms with Crippen molar-refractivity contribution < 1.29 is 5.11 Å². The van der Waals surface area contributed by atoms with E-state index in [1.54, 1.807) is 0 Å². The highest BCUT2D eigenvalue weighted by atomic mass is 16.3. The smallest absolute Gasteiger partial charge is 0.0774 e. The molecule has 0 aromatic heterocycles. The fourth-order valence-electron chi connectivity index (χ4n) is 2.65. The molecule has 1 fully saturated rings. The molecule has 0 aliphatic heterocycles. The highest BCUT2D eigenvalue weighted by molar-refractivity contribution is 4.85. The van der Waals surface area contributed by atoms with E-state index in [1.165, 1.54) is 19.3 Å². The normalized spacial score (nSPS) is 22.1. The number of rotatable bonds is 6. The first kappa shape index (κ1) is 14.9. The van der Waals surface area contributed by atoms with Gasteiger partial charge in [-0.05, 0) is 38.8 Å². The lowest BCUT2D eigenvalue weighted by Crippen LogP contribution is -2.44. The minimum atomic E-state index is -0.436. The van der Waals surface area contributed by atoms with E-state index in [-0.39, 0.29) is 6.04 Å². The number of aliphatic hydroxyl groups is 1. The zero-order valence-corrected chi connectivity index (χ0v) is 11.8. The topological polar surface area (TPSA) is 49.5 Å². The summed E-state index contributed by atoms with van der Waals surface area (Å²) in [5.41, 5.74) is 5.61. The van der Waals surface area contributed by atoms with E-state index in [9.17, 15) is 5.11 Å². The van der Waals surface area contributed by atoms with Gasteiger partial charge in [0.15, 0.2) is 0 Å². The average molecular weight is 242 g/mol. The van der Waals surface area contributed by atoms with Gasteiger partial charge in [0.05, 0.1) is 5.60 Å². The molecular formula is C14H30N2O. The van der Waals surface area contributed by atoms with Crippen LogP contribution >= 0.6 is 0 Å². The quantitative estimate of drug-likeness (QED) is 0.749. The Morgan fingerprint density at radius 1 is 1.24 bits per heavy atom. The van der Waals surface area contributed by atoms with E-state index in [0.29, 0.717) is 5.92 Å². The Labute approximate surface area is 106 Å². The number of likely N-dealkylation sites (N-methyl/N-ethyl adjacent to an activating group) is 1. The molecule has 0 heterocycles. The van der Waals surface area contributed by atoms with Gasteiger partial charge in [0.25, 0.3) is 0 Å². The molecule has 0 bridgehead atoms. The van der Waals surface area contributed by atoms with E-state index in [4.69, 9.17) is 5.73 Å². The third-order valence-corrected chi connectivity index (χ3v) is 4.05. The molecule has 0 saturated heterocycles. The second kappa shape index (κ2) is 6.72. The summed E-state index contributed by atoms with van der Waals surface area (Å²) >= 11 is 0. The number of nitrogens with two attached hydrogens (primary N) is 1. The second-order valence-electron chi connectivity index (χ2n) is 6.22. The van der Waals surface area contributed by atoms with Gasteiger partial charge in [0.2, 0.25) is 0 Å². The van der Waals surface area contributed by atoms with Crippen LogP contribution in [-0.2, 0) is 0 Å². The molecule has 1 unspecified atom stereocenters. The van der Waals surface area contributed by atoms with Gasteiger partial charge < -0.3 is 15.7 Å². The van der Waals surface area contributed by atoms with Crippen molar-refractivity contribution in [1.29, 1.82) is 0 Å². The van der Waals surface area contributed by atoms with Crippen LogP contribution in [0.5, 0.6) is 0 Å². The predicted octanol–water partition coefficient (Wildman–Crippen LogP) is 1.99. The van der Waals surface area contributed by atoms with E-state index in [1.807, 2.05) is 0 Å². The third-order valence-electron chi connectivity index (χ3n) is 4.05. The van der Waals surface area contributed by atoms with Crippen molar-refractivity contribution in [2.45, 2.75) is 64.0 Å². The van der Waals surface area contributed by atoms with Gasteiger partial charge in [-0.3, -0.25) is 0 Å². The van der Waals surface area contributed by atoms with E-state index < -0.39 is 5.60 Å². The molecule has 1 aliphatic carbocycles. The molecule has 1 atom stereocenters. The molecule has 0 radical (unpaired) electrons. The Balaban J connectivity index is 2.26. The van der Waals surface area contributed by atoms with Crippen molar-refractivity contribution in [2.24, 2.45) is 11.7 Å². The first-order valence-corrected chi connectivity index (χ1v) is 7.09. The number of hydrogen-bond donors (Lipinski definition) is 2. The van der Waals surface area contributed by atoms with Crippen LogP contribution in [0, 0.1) is 5.92 Å². The van der Waals surface area contributed by atoms with Crippen molar-refractivity contribution in [3.63, 3.8) is 0 Å². The molecule has 0 spiro atoms. The first-order valence-electron chi connectivity index (χ1n) is 7.09. The fourth-order valence-corrected chi connectivity index (χ4v) is 2.65. The Morgan fingerprint density at radius 2 is 1.82 bits per heavy atom. The summed E-state index contributed by atoms with van der Waals surface area (Å²) in [6.07, 6.45) is 6.58. The van der Waals surface area contributed by atoms with Crippen LogP contribution in [0.3, 0.4) is 0 Å². The second-order valence-corrected chi connectivity index (χ2v) is 6.22. The average Bonchev–Trinajstić information content (AvgIpc) is 2.26. The van der Waals surface area contributed by atoms with Gasteiger partial charge in [-0.25, -0.2) is 0 Å². The maximum atomic E-state index is 10.4. The Morgan fingerprint density at radius 3 is 2.35 bits per heavy atom. The molecule has 17 heavy (non-hydrogen) atoms. The van der Waals surface area contributed by atoms with E-state index in [0.717, 1.165) is 32.4 Å². The van der Waals surface area contributed by atoms with Crippen LogP contribution in [-0.4, -0.2) is 41.8 Å². The van der Waals surface area contributed by atoms with Crippen LogP contribution < -0.4 is 5.73 Å². The summed E-state index contributed by atoms with van der Waals surface area (Å²) in [6, 6.07) is 0.276. The van der Waals surface area contributed by atoms with Gasteiger partial charge in [0.1, 0.15) is 0 Å². The Hall–Kier alpha value is -0.120. The van der Waals surface area contributed by atoms with Crippen molar-refractivity contribution in [3.8, 4) is 0 Å². The molecule has 0 aromatic carbocycles. The van der Waals surface area contributed by atoms with Crippen molar-refractivity contribution in [2.75, 3.05) is 20.1 Å². The maximum Gasteiger partial charge on any atom is 0.0774 e. The van der Waals surface area contributed by atoms with Crippen LogP contribution in [0.25, 0.3) is 0 Å². The van der Waals surface area contributed by atoms with Gasteiger partial charge in [-0.2, -0.15) is 0 Å². The van der Waals surface area contributed by atoms with Gasteiger partial charge in [-0.15, -0.1) is 0 Å². The Bertz CT molecular complexity index is 212. The SMILES string of the molecule is CC(C)C(N)CCN(C)CC1(O)CCCCC1. The highest BCUT2D eigenvalue weighted by Gasteiger charge is 2.30. The van der Waals surface area contributed by atoms with Crippen LogP contribution in [0.4, 0.5) is 0 Å². The molecule has 3 nitrogen and oxygen atoms in total. The number of nitrogens with zero attached hydrogens (tertiary/aromatic N) is 1. The highest BCUT2D eigenvalue weighted by Crippen LogP contribution is 2.28. The minimum Gasteiger partial charge on any atom is -0.389 e. The largest absolute Gasteiger partial charge is 0.389 e. The summed E-state index contributed by atoms with van der Waals surface area (Å²) in [5, 5.41) is 10.4. The molecule has 0 amide bonds. The molecule has 1 saturated carbocycles. The fraction of sp³-hybridized carbons (Fsp3) is 1.00. The van der Waals surface area contributed by atoms with Gasteiger partial charge in [0, 0.05) is 12.6 Å². The molecule has 1 rings (SSSR count). The van der Waals surface area contributed by atoms with Crippen LogP contribution in [0.1, 0.15) is 52.4 Å². The molecule has 3 N–H and O–H groups in total. The van der Waals surface area contributed by atoms with Crippen molar-refractivity contribution in [3.05, 3.63) is 0 Å². The molecular weight excluding hydrogens is 212 g/mol. The van der Waals surface area contributed by atoms with Crippen molar-refractivity contribution >= 4 is 0 Å². The lowest BCUT2D eigenvalue weighted by atomic mass is 9.84. The van der Waals surface area contributed by atoms with E-state index >= 15 is 0 Å². The van der Waals surface area contributed by atoms with Crippen molar-refractivity contribution in [1.82, 2.24) is 4.90 Å². The summed E-state index contributed by atoms with van der Waals surface area (Å²) in [6.45, 7) is 6.12.